The zero-order chi connectivity index (χ0) is 10.8. The van der Waals surface area contributed by atoms with Gasteiger partial charge in [-0.2, -0.15) is 0 Å². The van der Waals surface area contributed by atoms with Gasteiger partial charge in [-0.05, 0) is 34.7 Å². The van der Waals surface area contributed by atoms with Gasteiger partial charge in [-0.3, -0.25) is 4.79 Å². The first-order valence-electron chi connectivity index (χ1n) is 4.03. The molecule has 0 aromatic carbocycles. The maximum absolute atomic E-state index is 12.6. The van der Waals surface area contributed by atoms with E-state index in [1.54, 1.807) is 0 Å². The maximum atomic E-state index is 12.6. The highest BCUT2D eigenvalue weighted by molar-refractivity contribution is 14.1. The van der Waals surface area contributed by atoms with E-state index in [1.165, 1.54) is 18.3 Å². The lowest BCUT2D eigenvalue weighted by Gasteiger charge is -1.98. The molecule has 0 saturated carbocycles. The first kappa shape index (κ1) is 10.2. The summed E-state index contributed by atoms with van der Waals surface area (Å²) < 4.78 is 13.1. The lowest BCUT2D eigenvalue weighted by molar-refractivity contribution is 0.621. The molecule has 0 spiro atoms. The van der Waals surface area contributed by atoms with Crippen LogP contribution in [0.25, 0.3) is 11.5 Å². The summed E-state index contributed by atoms with van der Waals surface area (Å²) in [6.45, 7) is 0. The lowest BCUT2D eigenvalue weighted by atomic mass is 10.3. The Bertz CT molecular complexity index is 538. The standard InChI is InChI=1S/C9H5FIN3O/c10-5-1-2-7(12-3-5)8-13-4-6(11)9(15)14-8/h1-4H,(H,13,14,15). The van der Waals surface area contributed by atoms with Crippen LogP contribution in [0.2, 0.25) is 0 Å². The van der Waals surface area contributed by atoms with Crippen molar-refractivity contribution in [1.29, 1.82) is 0 Å². The summed E-state index contributed by atoms with van der Waals surface area (Å²) in [6, 6.07) is 2.72. The molecule has 2 aromatic heterocycles. The quantitative estimate of drug-likeness (QED) is 0.813. The molecule has 0 atom stereocenters. The van der Waals surface area contributed by atoms with E-state index in [9.17, 15) is 9.18 Å². The SMILES string of the molecule is O=c1[nH]c(-c2ccc(F)cn2)ncc1I. The lowest BCUT2D eigenvalue weighted by Crippen LogP contribution is -2.11. The Labute approximate surface area is 97.7 Å². The molecule has 1 N–H and O–H groups in total. The fourth-order valence-electron chi connectivity index (χ4n) is 1.03. The van der Waals surface area contributed by atoms with E-state index >= 15 is 0 Å². The number of hydrogen-bond donors (Lipinski definition) is 1. The van der Waals surface area contributed by atoms with Gasteiger partial charge in [-0.1, -0.05) is 0 Å². The molecule has 15 heavy (non-hydrogen) atoms. The summed E-state index contributed by atoms with van der Waals surface area (Å²) in [5, 5.41) is 0. The Balaban J connectivity index is 2.50. The third-order valence-electron chi connectivity index (χ3n) is 1.73. The second kappa shape index (κ2) is 4.05. The molecule has 0 aliphatic rings. The minimum Gasteiger partial charge on any atom is -0.304 e. The number of pyridine rings is 1. The van der Waals surface area contributed by atoms with E-state index in [-0.39, 0.29) is 5.56 Å². The maximum Gasteiger partial charge on any atom is 0.264 e. The second-order valence-electron chi connectivity index (χ2n) is 2.77. The van der Waals surface area contributed by atoms with Crippen molar-refractivity contribution in [2.24, 2.45) is 0 Å². The summed E-state index contributed by atoms with van der Waals surface area (Å²) in [7, 11) is 0. The first-order valence-corrected chi connectivity index (χ1v) is 5.11. The summed E-state index contributed by atoms with van der Waals surface area (Å²) in [4.78, 5) is 21.6. The summed E-state index contributed by atoms with van der Waals surface area (Å²) in [6.07, 6.45) is 2.52. The van der Waals surface area contributed by atoms with Crippen molar-refractivity contribution in [3.8, 4) is 11.5 Å². The molecule has 0 aliphatic heterocycles. The van der Waals surface area contributed by atoms with E-state index in [0.717, 1.165) is 6.20 Å². The molecule has 0 saturated heterocycles. The van der Waals surface area contributed by atoms with Gasteiger partial charge in [-0.15, -0.1) is 0 Å². The predicted molar refractivity (Wildman–Crippen MR) is 60.8 cm³/mol. The minimum atomic E-state index is -0.424. The summed E-state index contributed by atoms with van der Waals surface area (Å²) in [5.74, 6) is -0.0907. The van der Waals surface area contributed by atoms with Crippen LogP contribution in [0.15, 0.2) is 29.3 Å². The van der Waals surface area contributed by atoms with Crippen molar-refractivity contribution in [2.75, 3.05) is 0 Å². The molecule has 2 rings (SSSR count). The normalized spacial score (nSPS) is 10.3. The van der Waals surface area contributed by atoms with Crippen molar-refractivity contribution >= 4 is 22.6 Å². The Morgan fingerprint density at radius 3 is 2.67 bits per heavy atom. The molecule has 0 fully saturated rings. The van der Waals surface area contributed by atoms with Gasteiger partial charge in [-0.25, -0.2) is 14.4 Å². The van der Waals surface area contributed by atoms with Crippen LogP contribution in [-0.4, -0.2) is 15.0 Å². The van der Waals surface area contributed by atoms with E-state index < -0.39 is 5.82 Å². The molecule has 0 radical (unpaired) electrons. The topological polar surface area (TPSA) is 58.6 Å². The van der Waals surface area contributed by atoms with Crippen LogP contribution in [0.4, 0.5) is 4.39 Å². The van der Waals surface area contributed by atoms with Crippen LogP contribution >= 0.6 is 22.6 Å². The highest BCUT2D eigenvalue weighted by atomic mass is 127. The molecular weight excluding hydrogens is 312 g/mol. The van der Waals surface area contributed by atoms with Gasteiger partial charge in [0, 0.05) is 6.20 Å². The number of nitrogens with zero attached hydrogens (tertiary/aromatic N) is 2. The molecule has 0 bridgehead atoms. The zero-order valence-electron chi connectivity index (χ0n) is 7.37. The van der Waals surface area contributed by atoms with E-state index in [1.807, 2.05) is 22.6 Å². The first-order chi connectivity index (χ1) is 7.16. The van der Waals surface area contributed by atoms with Crippen LogP contribution in [0.1, 0.15) is 0 Å². The van der Waals surface area contributed by atoms with Gasteiger partial charge >= 0.3 is 0 Å². The molecule has 4 nitrogen and oxygen atoms in total. The number of nitrogens with one attached hydrogen (secondary N) is 1. The van der Waals surface area contributed by atoms with E-state index in [0.29, 0.717) is 15.1 Å². The van der Waals surface area contributed by atoms with Crippen LogP contribution in [0.5, 0.6) is 0 Å². The molecule has 0 unspecified atom stereocenters. The van der Waals surface area contributed by atoms with E-state index in [2.05, 4.69) is 15.0 Å². The number of hydrogen-bond acceptors (Lipinski definition) is 3. The number of rotatable bonds is 1. The van der Waals surface area contributed by atoms with Crippen LogP contribution < -0.4 is 5.56 Å². The van der Waals surface area contributed by atoms with Crippen molar-refractivity contribution in [1.82, 2.24) is 15.0 Å². The van der Waals surface area contributed by atoms with Gasteiger partial charge in [0.2, 0.25) is 0 Å². The largest absolute Gasteiger partial charge is 0.304 e. The van der Waals surface area contributed by atoms with Gasteiger partial charge in [0.25, 0.3) is 5.56 Å². The van der Waals surface area contributed by atoms with Crippen molar-refractivity contribution in [3.63, 3.8) is 0 Å². The summed E-state index contributed by atoms with van der Waals surface area (Å²) in [5.41, 5.74) is 0.205. The molecule has 0 aliphatic carbocycles. The molecular formula is C9H5FIN3O. The number of aromatic nitrogens is 3. The Hall–Kier alpha value is -1.31. The van der Waals surface area contributed by atoms with Gasteiger partial charge < -0.3 is 4.98 Å². The smallest absolute Gasteiger partial charge is 0.264 e. The van der Waals surface area contributed by atoms with Crippen molar-refractivity contribution < 1.29 is 4.39 Å². The zero-order valence-corrected chi connectivity index (χ0v) is 9.53. The molecule has 2 aromatic rings. The Kier molecular flexibility index (Phi) is 2.76. The average Bonchev–Trinajstić information content (AvgIpc) is 2.23. The third kappa shape index (κ3) is 2.20. The summed E-state index contributed by atoms with van der Waals surface area (Å²) >= 11 is 1.88. The minimum absolute atomic E-state index is 0.230. The highest BCUT2D eigenvalue weighted by Crippen LogP contribution is 2.09. The molecule has 2 heterocycles. The van der Waals surface area contributed by atoms with Crippen LogP contribution in [-0.2, 0) is 0 Å². The van der Waals surface area contributed by atoms with Gasteiger partial charge in [0.05, 0.1) is 9.77 Å². The fourth-order valence-corrected chi connectivity index (χ4v) is 1.30. The predicted octanol–water partition coefficient (Wildman–Crippen LogP) is 1.58. The Morgan fingerprint density at radius 1 is 1.27 bits per heavy atom. The van der Waals surface area contributed by atoms with Gasteiger partial charge in [0.1, 0.15) is 11.5 Å². The van der Waals surface area contributed by atoms with Crippen molar-refractivity contribution in [3.05, 3.63) is 44.3 Å². The fraction of sp³-hybridized carbons (Fsp3) is 0. The van der Waals surface area contributed by atoms with Crippen LogP contribution in [0.3, 0.4) is 0 Å². The number of halogens is 2. The molecule has 6 heteroatoms. The van der Waals surface area contributed by atoms with Crippen LogP contribution in [0, 0.1) is 9.39 Å². The number of aromatic amines is 1. The number of H-pyrrole nitrogens is 1. The van der Waals surface area contributed by atoms with Gasteiger partial charge in [0.15, 0.2) is 5.82 Å². The third-order valence-corrected chi connectivity index (χ3v) is 2.49. The van der Waals surface area contributed by atoms with E-state index in [4.69, 9.17) is 0 Å². The average molecular weight is 317 g/mol. The van der Waals surface area contributed by atoms with Crippen molar-refractivity contribution in [2.45, 2.75) is 0 Å². The molecule has 0 amide bonds. The second-order valence-corrected chi connectivity index (χ2v) is 3.93. The Morgan fingerprint density at radius 2 is 2.07 bits per heavy atom. The molecule has 76 valence electrons. The monoisotopic (exact) mass is 317 g/mol. The highest BCUT2D eigenvalue weighted by Gasteiger charge is 2.03.